The van der Waals surface area contributed by atoms with Crippen LogP contribution < -0.4 is 16.6 Å². The molecule has 0 radical (unpaired) electrons. The summed E-state index contributed by atoms with van der Waals surface area (Å²) >= 11 is 1.56. The van der Waals surface area contributed by atoms with Gasteiger partial charge in [-0.3, -0.25) is 5.43 Å². The highest BCUT2D eigenvalue weighted by atomic mass is 32.1. The number of nitrogens with one attached hydrogen (secondary N) is 2. The van der Waals surface area contributed by atoms with Gasteiger partial charge in [0, 0.05) is 17.0 Å². The number of hydrogen-bond acceptors (Lipinski definition) is 6. The van der Waals surface area contributed by atoms with E-state index in [1.54, 1.807) is 29.5 Å². The molecular weight excluding hydrogens is 289 g/mol. The molecule has 21 heavy (non-hydrogen) atoms. The summed E-state index contributed by atoms with van der Waals surface area (Å²) in [5.41, 5.74) is 3.03. The lowest BCUT2D eigenvalue weighted by Crippen LogP contribution is -2.12. The third-order valence-corrected chi connectivity index (χ3v) is 3.99. The molecule has 0 atom stereocenters. The second kappa shape index (κ2) is 5.63. The molecule has 0 saturated heterocycles. The SMILES string of the molecule is Cc1cc2c(NCc3ccccc3F)nc(NN)nc2s1. The van der Waals surface area contributed by atoms with E-state index in [1.807, 2.05) is 13.0 Å². The molecule has 2 heterocycles. The highest BCUT2D eigenvalue weighted by molar-refractivity contribution is 7.18. The largest absolute Gasteiger partial charge is 0.365 e. The summed E-state index contributed by atoms with van der Waals surface area (Å²) in [4.78, 5) is 10.6. The van der Waals surface area contributed by atoms with Crippen molar-refractivity contribution in [2.24, 2.45) is 5.84 Å². The number of benzene rings is 1. The molecule has 3 rings (SSSR count). The highest BCUT2D eigenvalue weighted by Crippen LogP contribution is 2.29. The first-order valence-corrected chi connectivity index (χ1v) is 7.21. The number of halogens is 1. The monoisotopic (exact) mass is 303 g/mol. The zero-order chi connectivity index (χ0) is 14.8. The number of hydrogen-bond donors (Lipinski definition) is 3. The van der Waals surface area contributed by atoms with Gasteiger partial charge in [0.05, 0.1) is 5.39 Å². The molecule has 3 aromatic rings. The average Bonchev–Trinajstić information content (AvgIpc) is 2.86. The Balaban J connectivity index is 1.94. The second-order valence-electron chi connectivity index (χ2n) is 4.56. The van der Waals surface area contributed by atoms with E-state index in [0.717, 1.165) is 15.1 Å². The van der Waals surface area contributed by atoms with E-state index >= 15 is 0 Å². The van der Waals surface area contributed by atoms with Crippen LogP contribution >= 0.6 is 11.3 Å². The van der Waals surface area contributed by atoms with Crippen molar-refractivity contribution >= 4 is 33.3 Å². The summed E-state index contributed by atoms with van der Waals surface area (Å²) in [6.45, 7) is 2.35. The summed E-state index contributed by atoms with van der Waals surface area (Å²) in [6.07, 6.45) is 0. The number of nitrogens with two attached hydrogens (primary N) is 1. The first-order chi connectivity index (χ1) is 10.2. The number of nitrogen functional groups attached to an aromatic ring is 1. The predicted octanol–water partition coefficient (Wildman–Crippen LogP) is 3.04. The van der Waals surface area contributed by atoms with Crippen LogP contribution in [0.2, 0.25) is 0 Å². The van der Waals surface area contributed by atoms with Gasteiger partial charge in [-0.15, -0.1) is 11.3 Å². The summed E-state index contributed by atoms with van der Waals surface area (Å²) in [6, 6.07) is 8.65. The Morgan fingerprint density at radius 1 is 1.29 bits per heavy atom. The smallest absolute Gasteiger partial charge is 0.240 e. The predicted molar refractivity (Wildman–Crippen MR) is 83.7 cm³/mol. The van der Waals surface area contributed by atoms with Gasteiger partial charge in [-0.2, -0.15) is 4.98 Å². The molecule has 7 heteroatoms. The summed E-state index contributed by atoms with van der Waals surface area (Å²) < 4.78 is 13.7. The molecule has 0 saturated carbocycles. The Kier molecular flexibility index (Phi) is 3.68. The fourth-order valence-electron chi connectivity index (χ4n) is 2.06. The van der Waals surface area contributed by atoms with E-state index in [4.69, 9.17) is 5.84 Å². The van der Waals surface area contributed by atoms with E-state index in [1.165, 1.54) is 6.07 Å². The molecule has 1 aromatic carbocycles. The molecule has 0 unspecified atom stereocenters. The number of nitrogens with zero attached hydrogens (tertiary/aromatic N) is 2. The van der Waals surface area contributed by atoms with Gasteiger partial charge in [-0.1, -0.05) is 18.2 Å². The number of aromatic nitrogens is 2. The van der Waals surface area contributed by atoms with Crippen molar-refractivity contribution in [1.82, 2.24) is 9.97 Å². The van der Waals surface area contributed by atoms with E-state index in [9.17, 15) is 4.39 Å². The van der Waals surface area contributed by atoms with Gasteiger partial charge < -0.3 is 5.32 Å². The molecule has 0 spiro atoms. The van der Waals surface area contributed by atoms with Crippen LogP contribution in [0.15, 0.2) is 30.3 Å². The Morgan fingerprint density at radius 2 is 2.10 bits per heavy atom. The number of aryl methyl sites for hydroxylation is 1. The van der Waals surface area contributed by atoms with Crippen LogP contribution in [0, 0.1) is 12.7 Å². The van der Waals surface area contributed by atoms with Crippen molar-refractivity contribution in [3.63, 3.8) is 0 Å². The molecule has 108 valence electrons. The van der Waals surface area contributed by atoms with Crippen molar-refractivity contribution in [1.29, 1.82) is 0 Å². The molecule has 2 aromatic heterocycles. The molecule has 5 nitrogen and oxygen atoms in total. The lowest BCUT2D eigenvalue weighted by Gasteiger charge is -2.09. The molecular formula is C14H14FN5S. The van der Waals surface area contributed by atoms with Crippen LogP contribution in [-0.4, -0.2) is 9.97 Å². The average molecular weight is 303 g/mol. The van der Waals surface area contributed by atoms with Gasteiger partial charge in [0.15, 0.2) is 0 Å². The van der Waals surface area contributed by atoms with Crippen molar-refractivity contribution in [2.45, 2.75) is 13.5 Å². The fourth-order valence-corrected chi connectivity index (χ4v) is 2.94. The van der Waals surface area contributed by atoms with Crippen molar-refractivity contribution < 1.29 is 4.39 Å². The van der Waals surface area contributed by atoms with Crippen LogP contribution in [0.3, 0.4) is 0 Å². The van der Waals surface area contributed by atoms with Crippen LogP contribution in [0.5, 0.6) is 0 Å². The van der Waals surface area contributed by atoms with Crippen molar-refractivity contribution in [2.75, 3.05) is 10.7 Å². The Morgan fingerprint density at radius 3 is 2.86 bits per heavy atom. The Bertz CT molecular complexity index is 786. The van der Waals surface area contributed by atoms with Gasteiger partial charge in [-0.05, 0) is 19.1 Å². The van der Waals surface area contributed by atoms with E-state index in [0.29, 0.717) is 23.9 Å². The second-order valence-corrected chi connectivity index (χ2v) is 5.80. The maximum atomic E-state index is 13.7. The number of anilines is 2. The standard InChI is InChI=1S/C14H14FN5S/c1-8-6-10-12(18-14(20-16)19-13(10)21-8)17-7-9-4-2-3-5-11(9)15/h2-6H,7,16H2,1H3,(H2,17,18,19,20). The fraction of sp³-hybridized carbons (Fsp3) is 0.143. The third-order valence-electron chi connectivity index (χ3n) is 3.05. The minimum absolute atomic E-state index is 0.242. The van der Waals surface area contributed by atoms with Gasteiger partial charge in [-0.25, -0.2) is 15.2 Å². The Labute approximate surface area is 125 Å². The molecule has 0 aliphatic rings. The number of fused-ring (bicyclic) bond motifs is 1. The minimum atomic E-state index is -0.242. The van der Waals surface area contributed by atoms with E-state index in [2.05, 4.69) is 20.7 Å². The summed E-state index contributed by atoms with van der Waals surface area (Å²) in [7, 11) is 0. The first-order valence-electron chi connectivity index (χ1n) is 6.39. The Hall–Kier alpha value is -2.25. The maximum Gasteiger partial charge on any atom is 0.240 e. The van der Waals surface area contributed by atoms with E-state index in [-0.39, 0.29) is 5.82 Å². The molecule has 4 N–H and O–H groups in total. The zero-order valence-electron chi connectivity index (χ0n) is 11.4. The highest BCUT2D eigenvalue weighted by Gasteiger charge is 2.10. The zero-order valence-corrected chi connectivity index (χ0v) is 12.2. The normalized spacial score (nSPS) is 10.8. The maximum absolute atomic E-state index is 13.7. The van der Waals surface area contributed by atoms with Crippen LogP contribution in [0.25, 0.3) is 10.2 Å². The van der Waals surface area contributed by atoms with Crippen molar-refractivity contribution in [3.8, 4) is 0 Å². The number of rotatable bonds is 4. The number of hydrazine groups is 1. The molecule has 0 aliphatic heterocycles. The topological polar surface area (TPSA) is 75.9 Å². The third kappa shape index (κ3) is 2.79. The summed E-state index contributed by atoms with van der Waals surface area (Å²) in [5.74, 6) is 6.12. The molecule has 0 fully saturated rings. The lowest BCUT2D eigenvalue weighted by atomic mass is 10.2. The van der Waals surface area contributed by atoms with Crippen molar-refractivity contribution in [3.05, 3.63) is 46.6 Å². The van der Waals surface area contributed by atoms with Crippen LogP contribution in [0.4, 0.5) is 16.2 Å². The first kappa shape index (κ1) is 13.7. The van der Waals surface area contributed by atoms with Gasteiger partial charge >= 0.3 is 0 Å². The van der Waals surface area contributed by atoms with Crippen LogP contribution in [-0.2, 0) is 6.54 Å². The van der Waals surface area contributed by atoms with Crippen LogP contribution in [0.1, 0.15) is 10.4 Å². The molecule has 0 aliphatic carbocycles. The lowest BCUT2D eigenvalue weighted by molar-refractivity contribution is 0.613. The minimum Gasteiger partial charge on any atom is -0.365 e. The van der Waals surface area contributed by atoms with Gasteiger partial charge in [0.25, 0.3) is 0 Å². The number of thiophene rings is 1. The molecule has 0 amide bonds. The van der Waals surface area contributed by atoms with E-state index < -0.39 is 0 Å². The van der Waals surface area contributed by atoms with Gasteiger partial charge in [0.2, 0.25) is 5.95 Å². The summed E-state index contributed by atoms with van der Waals surface area (Å²) in [5, 5.41) is 4.06. The van der Waals surface area contributed by atoms with Gasteiger partial charge in [0.1, 0.15) is 16.5 Å². The molecule has 0 bridgehead atoms. The quantitative estimate of drug-likeness (QED) is 0.510.